The molecule has 144 valence electrons. The third-order valence-electron chi connectivity index (χ3n) is 5.69. The van der Waals surface area contributed by atoms with Crippen molar-refractivity contribution in [1.29, 1.82) is 0 Å². The smallest absolute Gasteiger partial charge is 0.225 e. The third-order valence-corrected chi connectivity index (χ3v) is 5.69. The van der Waals surface area contributed by atoms with Gasteiger partial charge in [-0.15, -0.1) is 0 Å². The highest BCUT2D eigenvalue weighted by atomic mass is 16.2. The number of aromatic nitrogens is 4. The van der Waals surface area contributed by atoms with Crippen molar-refractivity contribution in [3.63, 3.8) is 0 Å². The van der Waals surface area contributed by atoms with Crippen molar-refractivity contribution in [2.75, 3.05) is 18.4 Å². The van der Waals surface area contributed by atoms with Gasteiger partial charge < -0.3 is 10.2 Å². The standard InChI is InChI=1S/C20H28N6O/c1-14-11-19(25-24-14)23-17-7-9-21-18(22-17)12-15-8-10-26(13-15)20(27)16-5-3-2-4-6-16/h7,9,11,15-16H,2-6,8,10,12-13H2,1H3,(H2,21,22,23,24,25)/t15-/m0/s1. The summed E-state index contributed by atoms with van der Waals surface area (Å²) in [4.78, 5) is 23.9. The summed E-state index contributed by atoms with van der Waals surface area (Å²) >= 11 is 0. The predicted molar refractivity (Wildman–Crippen MR) is 104 cm³/mol. The number of likely N-dealkylation sites (tertiary alicyclic amines) is 1. The summed E-state index contributed by atoms with van der Waals surface area (Å²) in [6, 6.07) is 3.79. The van der Waals surface area contributed by atoms with E-state index in [9.17, 15) is 4.79 Å². The molecule has 7 heteroatoms. The van der Waals surface area contributed by atoms with Gasteiger partial charge in [0.05, 0.1) is 0 Å². The lowest BCUT2D eigenvalue weighted by Gasteiger charge is -2.26. The molecule has 2 fully saturated rings. The van der Waals surface area contributed by atoms with E-state index in [1.807, 2.05) is 19.1 Å². The van der Waals surface area contributed by atoms with Crippen LogP contribution in [0.2, 0.25) is 0 Å². The highest BCUT2D eigenvalue weighted by Gasteiger charge is 2.31. The van der Waals surface area contributed by atoms with E-state index in [4.69, 9.17) is 0 Å². The molecule has 1 aliphatic heterocycles. The minimum atomic E-state index is 0.263. The minimum Gasteiger partial charge on any atom is -0.342 e. The van der Waals surface area contributed by atoms with Crippen LogP contribution in [0.15, 0.2) is 18.3 Å². The fraction of sp³-hybridized carbons (Fsp3) is 0.600. The number of nitrogens with one attached hydrogen (secondary N) is 2. The molecule has 0 aromatic carbocycles. The molecule has 1 aliphatic carbocycles. The second-order valence-corrected chi connectivity index (χ2v) is 7.90. The Balaban J connectivity index is 1.33. The van der Waals surface area contributed by atoms with Gasteiger partial charge in [0.25, 0.3) is 0 Å². The monoisotopic (exact) mass is 368 g/mol. The van der Waals surface area contributed by atoms with Crippen LogP contribution in [-0.4, -0.2) is 44.1 Å². The normalized spacial score (nSPS) is 20.8. The van der Waals surface area contributed by atoms with Gasteiger partial charge in [0.1, 0.15) is 11.6 Å². The Bertz CT molecular complexity index is 782. The Kier molecular flexibility index (Phi) is 5.36. The summed E-state index contributed by atoms with van der Waals surface area (Å²) in [5.41, 5.74) is 1.00. The zero-order valence-corrected chi connectivity index (χ0v) is 15.9. The molecule has 1 saturated heterocycles. The quantitative estimate of drug-likeness (QED) is 0.846. The van der Waals surface area contributed by atoms with E-state index < -0.39 is 0 Å². The van der Waals surface area contributed by atoms with E-state index in [2.05, 4.69) is 30.4 Å². The summed E-state index contributed by atoms with van der Waals surface area (Å²) in [5.74, 6) is 3.41. The first-order chi connectivity index (χ1) is 13.2. The average molecular weight is 368 g/mol. The minimum absolute atomic E-state index is 0.263. The Labute approximate surface area is 160 Å². The average Bonchev–Trinajstić information content (AvgIpc) is 3.31. The molecule has 3 heterocycles. The van der Waals surface area contributed by atoms with Crippen LogP contribution in [0.25, 0.3) is 0 Å². The summed E-state index contributed by atoms with van der Waals surface area (Å²) in [7, 11) is 0. The number of nitrogens with zero attached hydrogens (tertiary/aromatic N) is 4. The Hall–Kier alpha value is -2.44. The summed E-state index contributed by atoms with van der Waals surface area (Å²) in [5, 5.41) is 10.3. The predicted octanol–water partition coefficient (Wildman–Crippen LogP) is 3.22. The van der Waals surface area contributed by atoms with Crippen LogP contribution in [0.1, 0.15) is 50.0 Å². The number of hydrogen-bond donors (Lipinski definition) is 2. The van der Waals surface area contributed by atoms with Gasteiger partial charge in [0.15, 0.2) is 5.82 Å². The van der Waals surface area contributed by atoms with Crippen LogP contribution < -0.4 is 5.32 Å². The van der Waals surface area contributed by atoms with Crippen LogP contribution in [-0.2, 0) is 11.2 Å². The molecule has 0 bridgehead atoms. The molecule has 2 aromatic heterocycles. The van der Waals surface area contributed by atoms with Crippen LogP contribution in [0.4, 0.5) is 11.6 Å². The topological polar surface area (TPSA) is 86.8 Å². The van der Waals surface area contributed by atoms with Crippen LogP contribution >= 0.6 is 0 Å². The van der Waals surface area contributed by atoms with E-state index in [0.29, 0.717) is 11.8 Å². The number of hydrogen-bond acceptors (Lipinski definition) is 5. The van der Waals surface area contributed by atoms with Gasteiger partial charge in [0.2, 0.25) is 5.91 Å². The van der Waals surface area contributed by atoms with Crippen molar-refractivity contribution in [2.45, 2.75) is 51.9 Å². The maximum atomic E-state index is 12.7. The lowest BCUT2D eigenvalue weighted by atomic mass is 9.88. The first kappa shape index (κ1) is 17.9. The molecular formula is C20H28N6O. The molecule has 2 aliphatic rings. The second-order valence-electron chi connectivity index (χ2n) is 7.90. The van der Waals surface area contributed by atoms with E-state index >= 15 is 0 Å². The van der Waals surface area contributed by atoms with Crippen LogP contribution in [0.5, 0.6) is 0 Å². The molecule has 0 spiro atoms. The van der Waals surface area contributed by atoms with Crippen molar-refractivity contribution in [3.8, 4) is 0 Å². The zero-order valence-electron chi connectivity index (χ0n) is 15.9. The Morgan fingerprint density at radius 3 is 2.89 bits per heavy atom. The molecule has 0 unspecified atom stereocenters. The third kappa shape index (κ3) is 4.46. The van der Waals surface area contributed by atoms with Gasteiger partial charge in [0, 0.05) is 43.4 Å². The first-order valence-electron chi connectivity index (χ1n) is 10.1. The van der Waals surface area contributed by atoms with Gasteiger partial charge in [-0.05, 0) is 38.2 Å². The lowest BCUT2D eigenvalue weighted by Crippen LogP contribution is -2.35. The van der Waals surface area contributed by atoms with Crippen molar-refractivity contribution in [2.24, 2.45) is 11.8 Å². The zero-order chi connectivity index (χ0) is 18.6. The van der Waals surface area contributed by atoms with E-state index in [1.165, 1.54) is 19.3 Å². The van der Waals surface area contributed by atoms with Crippen molar-refractivity contribution in [1.82, 2.24) is 25.1 Å². The largest absolute Gasteiger partial charge is 0.342 e. The highest BCUT2D eigenvalue weighted by molar-refractivity contribution is 5.79. The number of carbonyl (C=O) groups excluding carboxylic acids is 1. The summed E-state index contributed by atoms with van der Waals surface area (Å²) in [6.07, 6.45) is 9.47. The van der Waals surface area contributed by atoms with Gasteiger partial charge in [-0.3, -0.25) is 9.89 Å². The Morgan fingerprint density at radius 2 is 2.11 bits per heavy atom. The van der Waals surface area contributed by atoms with Gasteiger partial charge in [-0.2, -0.15) is 5.10 Å². The number of rotatable bonds is 5. The number of amides is 1. The molecule has 1 saturated carbocycles. The van der Waals surface area contributed by atoms with Gasteiger partial charge in [-0.1, -0.05) is 19.3 Å². The van der Waals surface area contributed by atoms with Crippen molar-refractivity contribution >= 4 is 17.5 Å². The number of H-pyrrole nitrogens is 1. The molecule has 27 heavy (non-hydrogen) atoms. The van der Waals surface area contributed by atoms with E-state index in [-0.39, 0.29) is 5.92 Å². The molecule has 0 radical (unpaired) electrons. The molecule has 1 atom stereocenters. The van der Waals surface area contributed by atoms with Gasteiger partial charge in [-0.25, -0.2) is 9.97 Å². The number of aromatic amines is 1. The number of aryl methyl sites for hydroxylation is 1. The number of carbonyl (C=O) groups is 1. The maximum Gasteiger partial charge on any atom is 0.225 e. The van der Waals surface area contributed by atoms with Crippen LogP contribution in [0.3, 0.4) is 0 Å². The SMILES string of the molecule is Cc1cc(Nc2ccnc(C[C@@H]3CCN(C(=O)C4CCCCC4)C3)n2)n[nH]1. The molecule has 2 N–H and O–H groups in total. The summed E-state index contributed by atoms with van der Waals surface area (Å²) < 4.78 is 0. The number of anilines is 2. The van der Waals surface area contributed by atoms with E-state index in [1.54, 1.807) is 6.20 Å². The highest BCUT2D eigenvalue weighted by Crippen LogP contribution is 2.28. The first-order valence-corrected chi connectivity index (χ1v) is 10.1. The Morgan fingerprint density at radius 1 is 1.26 bits per heavy atom. The lowest BCUT2D eigenvalue weighted by molar-refractivity contribution is -0.135. The second kappa shape index (κ2) is 8.06. The van der Waals surface area contributed by atoms with Crippen molar-refractivity contribution in [3.05, 3.63) is 29.8 Å². The molecule has 1 amide bonds. The van der Waals surface area contributed by atoms with Crippen molar-refractivity contribution < 1.29 is 4.79 Å². The van der Waals surface area contributed by atoms with Crippen LogP contribution in [0, 0.1) is 18.8 Å². The fourth-order valence-corrected chi connectivity index (χ4v) is 4.25. The molecular weight excluding hydrogens is 340 g/mol. The maximum absolute atomic E-state index is 12.7. The molecule has 2 aromatic rings. The van der Waals surface area contributed by atoms with Gasteiger partial charge >= 0.3 is 0 Å². The fourth-order valence-electron chi connectivity index (χ4n) is 4.25. The molecule has 7 nitrogen and oxygen atoms in total. The molecule has 4 rings (SSSR count). The van der Waals surface area contributed by atoms with E-state index in [0.717, 1.165) is 61.9 Å². The summed E-state index contributed by atoms with van der Waals surface area (Å²) in [6.45, 7) is 3.68.